The van der Waals surface area contributed by atoms with Crippen LogP contribution in [-0.4, -0.2) is 64.9 Å². The van der Waals surface area contributed by atoms with Crippen LogP contribution in [0.2, 0.25) is 0 Å². The molecule has 1 aromatic heterocycles. The lowest BCUT2D eigenvalue weighted by atomic mass is 10.0. The van der Waals surface area contributed by atoms with Gasteiger partial charge in [0.15, 0.2) is 0 Å². The first-order chi connectivity index (χ1) is 18.0. The number of amides is 3. The summed E-state index contributed by atoms with van der Waals surface area (Å²) in [5, 5.41) is 3.42. The number of piperidine rings is 1. The molecule has 2 atom stereocenters. The van der Waals surface area contributed by atoms with Crippen LogP contribution in [0.5, 0.6) is 11.6 Å². The molecule has 3 aromatic rings. The third kappa shape index (κ3) is 4.51. The number of carbonyl (C=O) groups excluding carboxylic acids is 3. The SMILES string of the molecule is COc1nc2ccccc2cc1CN1CC[C@H](Oc2ccc3c(c2)CN(C2CCC(=O)NC2=O)C3=O)C1. The molecule has 3 amide bonds. The normalized spacial score (nSPS) is 21.9. The Kier molecular flexibility index (Phi) is 6.00. The lowest BCUT2D eigenvalue weighted by Crippen LogP contribution is -2.52. The monoisotopic (exact) mass is 500 g/mol. The quantitative estimate of drug-likeness (QED) is 0.520. The van der Waals surface area contributed by atoms with E-state index in [4.69, 9.17) is 9.47 Å². The molecule has 0 aliphatic carbocycles. The average Bonchev–Trinajstić information content (AvgIpc) is 3.47. The number of para-hydroxylation sites is 1. The molecule has 6 rings (SSSR count). The van der Waals surface area contributed by atoms with Gasteiger partial charge in [0.25, 0.3) is 5.91 Å². The number of rotatable bonds is 6. The minimum absolute atomic E-state index is 0.0285. The van der Waals surface area contributed by atoms with Crippen LogP contribution in [0.1, 0.15) is 40.7 Å². The number of aromatic nitrogens is 1. The van der Waals surface area contributed by atoms with E-state index < -0.39 is 11.9 Å². The largest absolute Gasteiger partial charge is 0.489 e. The second-order valence-corrected chi connectivity index (χ2v) is 9.83. The molecule has 0 radical (unpaired) electrons. The first-order valence-electron chi connectivity index (χ1n) is 12.6. The van der Waals surface area contributed by atoms with E-state index in [1.807, 2.05) is 30.3 Å². The molecule has 190 valence electrons. The van der Waals surface area contributed by atoms with Gasteiger partial charge in [0, 0.05) is 49.1 Å². The van der Waals surface area contributed by atoms with Crippen molar-refractivity contribution >= 4 is 28.6 Å². The Morgan fingerprint density at radius 1 is 1.08 bits per heavy atom. The van der Waals surface area contributed by atoms with Gasteiger partial charge in [-0.25, -0.2) is 4.98 Å². The van der Waals surface area contributed by atoms with Crippen molar-refractivity contribution in [2.24, 2.45) is 0 Å². The number of likely N-dealkylation sites (tertiary alicyclic amines) is 1. The summed E-state index contributed by atoms with van der Waals surface area (Å²) in [4.78, 5) is 45.2. The number of nitrogens with one attached hydrogen (secondary N) is 1. The molecule has 37 heavy (non-hydrogen) atoms. The molecule has 4 heterocycles. The molecule has 3 aliphatic heterocycles. The van der Waals surface area contributed by atoms with Gasteiger partial charge >= 0.3 is 0 Å². The number of pyridine rings is 1. The topological polar surface area (TPSA) is 101 Å². The Morgan fingerprint density at radius 3 is 2.78 bits per heavy atom. The van der Waals surface area contributed by atoms with Gasteiger partial charge in [-0.2, -0.15) is 0 Å². The van der Waals surface area contributed by atoms with E-state index in [9.17, 15) is 14.4 Å². The third-order valence-electron chi connectivity index (χ3n) is 7.38. The molecule has 2 fully saturated rings. The highest BCUT2D eigenvalue weighted by atomic mass is 16.5. The van der Waals surface area contributed by atoms with Crippen molar-refractivity contribution in [1.82, 2.24) is 20.1 Å². The Balaban J connectivity index is 1.10. The fraction of sp³-hybridized carbons (Fsp3) is 0.357. The van der Waals surface area contributed by atoms with Gasteiger partial charge in [-0.1, -0.05) is 18.2 Å². The Morgan fingerprint density at radius 2 is 1.95 bits per heavy atom. The standard InChI is InChI=1S/C28H28N4O5/c1-36-27-19(12-17-4-2-3-5-23(17)29-27)14-31-11-10-21(16-31)37-20-6-7-22-18(13-20)15-32(28(22)35)24-8-9-25(33)30-26(24)34/h2-7,12-13,21,24H,8-11,14-16H2,1H3,(H,30,33,34)/t21-,24?/m0/s1. The van der Waals surface area contributed by atoms with E-state index in [1.165, 1.54) is 0 Å². The fourth-order valence-electron chi connectivity index (χ4n) is 5.53. The number of hydrogen-bond donors (Lipinski definition) is 1. The Hall–Kier alpha value is -3.98. The van der Waals surface area contributed by atoms with E-state index in [0.717, 1.165) is 48.1 Å². The van der Waals surface area contributed by atoms with Gasteiger partial charge in [-0.3, -0.25) is 24.6 Å². The van der Waals surface area contributed by atoms with Crippen molar-refractivity contribution in [2.75, 3.05) is 20.2 Å². The van der Waals surface area contributed by atoms with Crippen molar-refractivity contribution in [3.8, 4) is 11.6 Å². The molecule has 1 N–H and O–H groups in total. The van der Waals surface area contributed by atoms with Crippen molar-refractivity contribution in [2.45, 2.75) is 44.5 Å². The summed E-state index contributed by atoms with van der Waals surface area (Å²) in [5.74, 6) is 0.488. The second-order valence-electron chi connectivity index (χ2n) is 9.83. The molecule has 0 spiro atoms. The molecular formula is C28H28N4O5. The summed E-state index contributed by atoms with van der Waals surface area (Å²) in [7, 11) is 1.65. The molecule has 9 heteroatoms. The van der Waals surface area contributed by atoms with E-state index >= 15 is 0 Å². The van der Waals surface area contributed by atoms with E-state index in [1.54, 1.807) is 18.1 Å². The molecule has 9 nitrogen and oxygen atoms in total. The van der Waals surface area contributed by atoms with E-state index in [-0.39, 0.29) is 24.3 Å². The molecular weight excluding hydrogens is 472 g/mol. The highest BCUT2D eigenvalue weighted by molar-refractivity contribution is 6.05. The van der Waals surface area contributed by atoms with Gasteiger partial charge < -0.3 is 14.4 Å². The number of fused-ring (bicyclic) bond motifs is 2. The lowest BCUT2D eigenvalue weighted by Gasteiger charge is -2.29. The molecule has 0 saturated carbocycles. The van der Waals surface area contributed by atoms with Crippen LogP contribution in [0.25, 0.3) is 10.9 Å². The van der Waals surface area contributed by atoms with Crippen LogP contribution >= 0.6 is 0 Å². The maximum atomic E-state index is 12.9. The summed E-state index contributed by atoms with van der Waals surface area (Å²) in [5.41, 5.74) is 3.39. The zero-order chi connectivity index (χ0) is 25.5. The van der Waals surface area contributed by atoms with Crippen molar-refractivity contribution in [3.05, 3.63) is 65.2 Å². The summed E-state index contributed by atoms with van der Waals surface area (Å²) in [6.45, 7) is 2.73. The van der Waals surface area contributed by atoms with Crippen LogP contribution in [0, 0.1) is 0 Å². The average molecular weight is 501 g/mol. The maximum Gasteiger partial charge on any atom is 0.255 e. The number of hydrogen-bond acceptors (Lipinski definition) is 7. The summed E-state index contributed by atoms with van der Waals surface area (Å²) >= 11 is 0. The number of nitrogens with zero attached hydrogens (tertiary/aromatic N) is 3. The molecule has 2 aromatic carbocycles. The van der Waals surface area contributed by atoms with Crippen LogP contribution in [-0.2, 0) is 22.7 Å². The predicted octanol–water partition coefficient (Wildman–Crippen LogP) is 2.66. The number of imide groups is 1. The van der Waals surface area contributed by atoms with Crippen LogP contribution in [0.4, 0.5) is 0 Å². The van der Waals surface area contributed by atoms with Crippen molar-refractivity contribution < 1.29 is 23.9 Å². The first-order valence-corrected chi connectivity index (χ1v) is 12.6. The maximum absolute atomic E-state index is 12.9. The smallest absolute Gasteiger partial charge is 0.255 e. The minimum Gasteiger partial charge on any atom is -0.489 e. The van der Waals surface area contributed by atoms with Crippen LogP contribution in [0.15, 0.2) is 48.5 Å². The number of benzene rings is 2. The van der Waals surface area contributed by atoms with Crippen molar-refractivity contribution in [1.29, 1.82) is 0 Å². The highest BCUT2D eigenvalue weighted by Crippen LogP contribution is 2.31. The predicted molar refractivity (Wildman–Crippen MR) is 135 cm³/mol. The lowest BCUT2D eigenvalue weighted by molar-refractivity contribution is -0.136. The summed E-state index contributed by atoms with van der Waals surface area (Å²) < 4.78 is 11.9. The van der Waals surface area contributed by atoms with E-state index in [0.29, 0.717) is 30.2 Å². The minimum atomic E-state index is -0.619. The molecule has 3 aliphatic rings. The number of methoxy groups -OCH3 is 1. The second kappa shape index (κ2) is 9.48. The summed E-state index contributed by atoms with van der Waals surface area (Å²) in [6.07, 6.45) is 1.51. The molecule has 2 saturated heterocycles. The van der Waals surface area contributed by atoms with Gasteiger partial charge in [0.2, 0.25) is 17.7 Å². The Labute approximate surface area is 214 Å². The van der Waals surface area contributed by atoms with Gasteiger partial charge in [0.1, 0.15) is 17.9 Å². The first kappa shape index (κ1) is 23.4. The fourth-order valence-corrected chi connectivity index (χ4v) is 5.53. The third-order valence-corrected chi connectivity index (χ3v) is 7.38. The molecule has 1 unspecified atom stereocenters. The zero-order valence-corrected chi connectivity index (χ0v) is 20.6. The number of ether oxygens (including phenoxy) is 2. The number of carbonyl (C=O) groups is 3. The summed E-state index contributed by atoms with van der Waals surface area (Å²) in [6, 6.07) is 15.0. The van der Waals surface area contributed by atoms with Crippen molar-refractivity contribution in [3.63, 3.8) is 0 Å². The van der Waals surface area contributed by atoms with Crippen LogP contribution in [0.3, 0.4) is 0 Å². The van der Waals surface area contributed by atoms with Gasteiger partial charge in [0.05, 0.1) is 12.6 Å². The Bertz CT molecular complexity index is 1410. The van der Waals surface area contributed by atoms with Crippen LogP contribution < -0.4 is 14.8 Å². The van der Waals surface area contributed by atoms with Gasteiger partial charge in [-0.05, 0) is 48.7 Å². The highest BCUT2D eigenvalue weighted by Gasteiger charge is 2.39. The van der Waals surface area contributed by atoms with E-state index in [2.05, 4.69) is 27.3 Å². The van der Waals surface area contributed by atoms with Gasteiger partial charge in [-0.15, -0.1) is 0 Å². The molecule has 0 bridgehead atoms. The zero-order valence-electron chi connectivity index (χ0n) is 20.6.